The molecule has 7 heteroatoms. The van der Waals surface area contributed by atoms with Gasteiger partial charge in [-0.05, 0) is 43.2 Å². The number of benzene rings is 1. The highest BCUT2D eigenvalue weighted by Crippen LogP contribution is 2.19. The number of rotatable bonds is 6. The number of hydrogen-bond donors (Lipinski definition) is 2. The van der Waals surface area contributed by atoms with Crippen LogP contribution in [0.3, 0.4) is 0 Å². The Balaban J connectivity index is 1.44. The van der Waals surface area contributed by atoms with Gasteiger partial charge in [0, 0.05) is 36.3 Å². The van der Waals surface area contributed by atoms with Gasteiger partial charge in [0.1, 0.15) is 5.82 Å². The van der Waals surface area contributed by atoms with Crippen molar-refractivity contribution in [3.05, 3.63) is 77.2 Å². The van der Waals surface area contributed by atoms with Crippen molar-refractivity contribution in [2.75, 3.05) is 18.5 Å². The van der Waals surface area contributed by atoms with Crippen LogP contribution in [0.4, 0.5) is 5.82 Å². The minimum Gasteiger partial charge on any atom is -0.379 e. The first-order valence-electron chi connectivity index (χ1n) is 9.63. The Morgan fingerprint density at radius 2 is 2.21 bits per heavy atom. The molecule has 1 saturated heterocycles. The van der Waals surface area contributed by atoms with Gasteiger partial charge in [0.25, 0.3) is 5.91 Å². The Morgan fingerprint density at radius 1 is 1.31 bits per heavy atom. The first kappa shape index (κ1) is 19.5. The fourth-order valence-corrected chi connectivity index (χ4v) is 3.55. The van der Waals surface area contributed by atoms with Crippen molar-refractivity contribution in [1.82, 2.24) is 14.9 Å². The van der Waals surface area contributed by atoms with Crippen molar-refractivity contribution in [2.45, 2.75) is 25.4 Å². The molecule has 3 aromatic rings. The summed E-state index contributed by atoms with van der Waals surface area (Å²) in [6.07, 6.45) is 6.42. The molecule has 1 aromatic carbocycles. The molecule has 1 fully saturated rings. The molecule has 0 bridgehead atoms. The highest BCUT2D eigenvalue weighted by molar-refractivity contribution is 6.30. The van der Waals surface area contributed by atoms with Crippen LogP contribution in [-0.2, 0) is 4.74 Å². The van der Waals surface area contributed by atoms with Gasteiger partial charge in [-0.25, -0.2) is 4.98 Å². The summed E-state index contributed by atoms with van der Waals surface area (Å²) in [5.74, 6) is 0.666. The van der Waals surface area contributed by atoms with Crippen molar-refractivity contribution in [2.24, 2.45) is 0 Å². The molecule has 0 radical (unpaired) electrons. The molecule has 1 unspecified atom stereocenters. The Hall–Kier alpha value is -2.83. The number of amides is 1. The minimum atomic E-state index is -0.144. The van der Waals surface area contributed by atoms with Crippen LogP contribution in [-0.4, -0.2) is 34.7 Å². The zero-order valence-corrected chi connectivity index (χ0v) is 16.9. The maximum atomic E-state index is 12.7. The number of pyridine rings is 1. The second kappa shape index (κ2) is 8.68. The van der Waals surface area contributed by atoms with Gasteiger partial charge < -0.3 is 19.9 Å². The van der Waals surface area contributed by atoms with Gasteiger partial charge in [-0.1, -0.05) is 23.7 Å². The maximum absolute atomic E-state index is 12.7. The summed E-state index contributed by atoms with van der Waals surface area (Å²) in [6, 6.07) is 13.3. The summed E-state index contributed by atoms with van der Waals surface area (Å²) in [7, 11) is 0. The van der Waals surface area contributed by atoms with Crippen LogP contribution in [0, 0.1) is 0 Å². The Morgan fingerprint density at radius 3 is 3.00 bits per heavy atom. The molecule has 0 aliphatic carbocycles. The van der Waals surface area contributed by atoms with Gasteiger partial charge in [0.2, 0.25) is 0 Å². The second-order valence-corrected chi connectivity index (χ2v) is 7.60. The highest BCUT2D eigenvalue weighted by Gasteiger charge is 2.16. The number of carbonyl (C=O) groups excluding carboxylic acids is 1. The van der Waals surface area contributed by atoms with Gasteiger partial charge in [-0.3, -0.25) is 4.79 Å². The maximum Gasteiger partial charge on any atom is 0.253 e. The van der Waals surface area contributed by atoms with Gasteiger partial charge in [-0.2, -0.15) is 0 Å². The van der Waals surface area contributed by atoms with Gasteiger partial charge in [-0.15, -0.1) is 0 Å². The lowest BCUT2D eigenvalue weighted by Gasteiger charge is -2.14. The standard InChI is InChI=1S/C22H23ClN4O2/c1-15(16-3-2-4-18(23)11-16)25-22(28)17-6-9-27(13-17)20-5-8-24-21(12-20)26-19-7-10-29-14-19/h2-6,8-9,11-13,15,19H,7,10,14H2,1H3,(H,24,26)(H,25,28)/t15-,19?/m1/s1. The van der Waals surface area contributed by atoms with Crippen LogP contribution in [0.1, 0.15) is 35.3 Å². The largest absolute Gasteiger partial charge is 0.379 e. The molecule has 150 valence electrons. The first-order valence-corrected chi connectivity index (χ1v) is 10.0. The molecule has 1 aliphatic rings. The topological polar surface area (TPSA) is 68.2 Å². The molecule has 6 nitrogen and oxygen atoms in total. The van der Waals surface area contributed by atoms with E-state index in [0.29, 0.717) is 17.2 Å². The van der Waals surface area contributed by atoms with E-state index in [9.17, 15) is 4.79 Å². The van der Waals surface area contributed by atoms with E-state index in [0.717, 1.165) is 30.1 Å². The van der Waals surface area contributed by atoms with E-state index >= 15 is 0 Å². The number of aromatic nitrogens is 2. The monoisotopic (exact) mass is 410 g/mol. The van der Waals surface area contributed by atoms with Gasteiger partial charge in [0.15, 0.2) is 0 Å². The first-order chi connectivity index (χ1) is 14.1. The zero-order chi connectivity index (χ0) is 20.2. The number of nitrogens with zero attached hydrogens (tertiary/aromatic N) is 2. The van der Waals surface area contributed by atoms with Crippen LogP contribution in [0.5, 0.6) is 0 Å². The molecule has 0 saturated carbocycles. The Bertz CT molecular complexity index is 998. The predicted molar refractivity (Wildman–Crippen MR) is 114 cm³/mol. The summed E-state index contributed by atoms with van der Waals surface area (Å²) in [5, 5.41) is 7.06. The van der Waals surface area contributed by atoms with E-state index in [-0.39, 0.29) is 18.0 Å². The minimum absolute atomic E-state index is 0.133. The fraction of sp³-hybridized carbons (Fsp3) is 0.273. The van der Waals surface area contributed by atoms with Gasteiger partial charge >= 0.3 is 0 Å². The van der Waals surface area contributed by atoms with Gasteiger partial charge in [0.05, 0.1) is 29.9 Å². The molecule has 1 amide bonds. The number of carbonyl (C=O) groups is 1. The molecule has 3 heterocycles. The molecule has 29 heavy (non-hydrogen) atoms. The molecule has 2 N–H and O–H groups in total. The van der Waals surface area contributed by atoms with Crippen molar-refractivity contribution in [1.29, 1.82) is 0 Å². The molecular weight excluding hydrogens is 388 g/mol. The number of halogens is 1. The van der Waals surface area contributed by atoms with Crippen LogP contribution in [0.15, 0.2) is 61.1 Å². The quantitative estimate of drug-likeness (QED) is 0.638. The summed E-state index contributed by atoms with van der Waals surface area (Å²) >= 11 is 6.05. The van der Waals surface area contributed by atoms with Crippen LogP contribution >= 0.6 is 11.6 Å². The normalized spacial score (nSPS) is 17.1. The summed E-state index contributed by atoms with van der Waals surface area (Å²) < 4.78 is 7.31. The predicted octanol–water partition coefficient (Wildman–Crippen LogP) is 4.22. The third kappa shape index (κ3) is 4.78. The third-order valence-electron chi connectivity index (χ3n) is 4.97. The molecule has 4 rings (SSSR count). The van der Waals surface area contributed by atoms with E-state index in [1.54, 1.807) is 12.3 Å². The average molecular weight is 411 g/mol. The lowest BCUT2D eigenvalue weighted by Crippen LogP contribution is -2.26. The average Bonchev–Trinajstić information content (AvgIpc) is 3.40. The van der Waals surface area contributed by atoms with E-state index < -0.39 is 0 Å². The lowest BCUT2D eigenvalue weighted by molar-refractivity contribution is 0.0940. The smallest absolute Gasteiger partial charge is 0.253 e. The SMILES string of the molecule is C[C@@H](NC(=O)c1ccn(-c2ccnc(NC3CCOC3)c2)c1)c1cccc(Cl)c1. The van der Waals surface area contributed by atoms with Crippen molar-refractivity contribution >= 4 is 23.3 Å². The van der Waals surface area contributed by atoms with E-state index in [1.807, 2.05) is 60.3 Å². The molecule has 0 spiro atoms. The van der Waals surface area contributed by atoms with Crippen molar-refractivity contribution < 1.29 is 9.53 Å². The fourth-order valence-electron chi connectivity index (χ4n) is 3.35. The Labute approximate surface area is 174 Å². The highest BCUT2D eigenvalue weighted by atomic mass is 35.5. The van der Waals surface area contributed by atoms with Crippen LogP contribution < -0.4 is 10.6 Å². The summed E-state index contributed by atoms with van der Waals surface area (Å²) in [4.78, 5) is 17.0. The number of hydrogen-bond acceptors (Lipinski definition) is 4. The molecule has 2 atom stereocenters. The molecule has 2 aromatic heterocycles. The second-order valence-electron chi connectivity index (χ2n) is 7.16. The number of anilines is 1. The van der Waals surface area contributed by atoms with E-state index in [1.165, 1.54) is 0 Å². The number of nitrogens with one attached hydrogen (secondary N) is 2. The Kier molecular flexibility index (Phi) is 5.83. The summed E-state index contributed by atoms with van der Waals surface area (Å²) in [5.41, 5.74) is 2.49. The van der Waals surface area contributed by atoms with E-state index in [4.69, 9.17) is 16.3 Å². The van der Waals surface area contributed by atoms with Crippen molar-refractivity contribution in [3.63, 3.8) is 0 Å². The summed E-state index contributed by atoms with van der Waals surface area (Å²) in [6.45, 7) is 3.42. The van der Waals surface area contributed by atoms with Crippen LogP contribution in [0.2, 0.25) is 5.02 Å². The zero-order valence-electron chi connectivity index (χ0n) is 16.1. The van der Waals surface area contributed by atoms with E-state index in [2.05, 4.69) is 15.6 Å². The van der Waals surface area contributed by atoms with Crippen LogP contribution in [0.25, 0.3) is 5.69 Å². The molecular formula is C22H23ClN4O2. The van der Waals surface area contributed by atoms with Crippen molar-refractivity contribution in [3.8, 4) is 5.69 Å². The lowest BCUT2D eigenvalue weighted by atomic mass is 10.1. The third-order valence-corrected chi connectivity index (χ3v) is 5.21. The molecule has 1 aliphatic heterocycles. The number of ether oxygens (including phenoxy) is 1.